The van der Waals surface area contributed by atoms with Crippen molar-refractivity contribution < 1.29 is 13.5 Å². The van der Waals surface area contributed by atoms with Crippen LogP contribution in [0.15, 0.2) is 16.6 Å². The van der Waals surface area contributed by atoms with Gasteiger partial charge in [-0.3, -0.25) is 0 Å². The molecule has 1 fully saturated rings. The molecule has 0 bridgehead atoms. The summed E-state index contributed by atoms with van der Waals surface area (Å²) < 4.78 is 33.2. The van der Waals surface area contributed by atoms with Gasteiger partial charge in [-0.05, 0) is 34.0 Å². The third-order valence-corrected chi connectivity index (χ3v) is 4.18. The zero-order valence-electron chi connectivity index (χ0n) is 10.2. The Morgan fingerprint density at radius 1 is 1.47 bits per heavy atom. The van der Waals surface area contributed by atoms with E-state index in [0.29, 0.717) is 17.8 Å². The van der Waals surface area contributed by atoms with Gasteiger partial charge < -0.3 is 4.74 Å². The highest BCUT2D eigenvalue weighted by atomic mass is 79.9. The van der Waals surface area contributed by atoms with Crippen molar-refractivity contribution in [2.75, 3.05) is 7.11 Å². The van der Waals surface area contributed by atoms with E-state index in [0.717, 1.165) is 9.99 Å². The summed E-state index contributed by atoms with van der Waals surface area (Å²) in [6.07, 6.45) is -0.128. The number of aromatic nitrogens is 3. The van der Waals surface area contributed by atoms with E-state index >= 15 is 0 Å². The van der Waals surface area contributed by atoms with Crippen molar-refractivity contribution in [3.63, 3.8) is 0 Å². The van der Waals surface area contributed by atoms with Crippen molar-refractivity contribution in [1.82, 2.24) is 15.0 Å². The first-order valence-corrected chi connectivity index (χ1v) is 6.73. The lowest BCUT2D eigenvalue weighted by atomic mass is 9.81. The number of alkyl halides is 2. The highest BCUT2D eigenvalue weighted by Crippen LogP contribution is 2.43. The van der Waals surface area contributed by atoms with Gasteiger partial charge >= 0.3 is 0 Å². The molecule has 1 aromatic carbocycles. The minimum absolute atomic E-state index is 0.0271. The van der Waals surface area contributed by atoms with Gasteiger partial charge in [0, 0.05) is 19.4 Å². The molecule has 102 valence electrons. The van der Waals surface area contributed by atoms with Crippen LogP contribution in [-0.4, -0.2) is 28.0 Å². The zero-order chi connectivity index (χ0) is 13.6. The Hall–Kier alpha value is -1.24. The topological polar surface area (TPSA) is 39.9 Å². The molecule has 0 saturated heterocycles. The van der Waals surface area contributed by atoms with Gasteiger partial charge in [0.2, 0.25) is 5.92 Å². The van der Waals surface area contributed by atoms with Crippen molar-refractivity contribution in [3.8, 4) is 5.75 Å². The standard InChI is InChI=1S/C12H12BrF2N3O/c1-19-9-3-2-8-11(10(9)13)16-17-18(8)6-7-4-12(14,15)5-7/h2-3,7H,4-6H2,1H3. The Labute approximate surface area is 116 Å². The average molecular weight is 332 g/mol. The van der Waals surface area contributed by atoms with Crippen LogP contribution in [0.3, 0.4) is 0 Å². The van der Waals surface area contributed by atoms with Crippen LogP contribution >= 0.6 is 15.9 Å². The Kier molecular flexibility index (Phi) is 2.96. The number of fused-ring (bicyclic) bond motifs is 1. The lowest BCUT2D eigenvalue weighted by Gasteiger charge is -2.34. The molecule has 1 aliphatic carbocycles. The SMILES string of the molecule is COc1ccc2c(nnn2CC2CC(F)(F)C2)c1Br. The van der Waals surface area contributed by atoms with E-state index in [9.17, 15) is 8.78 Å². The molecule has 0 aliphatic heterocycles. The molecule has 1 heterocycles. The molecule has 2 aromatic rings. The molecule has 1 saturated carbocycles. The second-order valence-corrected chi connectivity index (χ2v) is 5.64. The summed E-state index contributed by atoms with van der Waals surface area (Å²) in [5, 5.41) is 8.11. The predicted molar refractivity (Wildman–Crippen MR) is 69.5 cm³/mol. The molecule has 0 N–H and O–H groups in total. The van der Waals surface area contributed by atoms with Crippen LogP contribution < -0.4 is 4.74 Å². The van der Waals surface area contributed by atoms with Crippen LogP contribution in [0.25, 0.3) is 11.0 Å². The third kappa shape index (κ3) is 2.20. The summed E-state index contributed by atoms with van der Waals surface area (Å²) in [7, 11) is 1.58. The van der Waals surface area contributed by atoms with Crippen LogP contribution in [0.4, 0.5) is 8.78 Å². The number of hydrogen-bond donors (Lipinski definition) is 0. The smallest absolute Gasteiger partial charge is 0.248 e. The Morgan fingerprint density at radius 2 is 2.21 bits per heavy atom. The molecule has 19 heavy (non-hydrogen) atoms. The number of ether oxygens (including phenoxy) is 1. The summed E-state index contributed by atoms with van der Waals surface area (Å²) >= 11 is 3.41. The molecule has 4 nitrogen and oxygen atoms in total. The minimum atomic E-state index is -2.50. The number of rotatable bonds is 3. The molecule has 0 radical (unpaired) electrons. The monoisotopic (exact) mass is 331 g/mol. The van der Waals surface area contributed by atoms with Gasteiger partial charge in [0.05, 0.1) is 17.1 Å². The van der Waals surface area contributed by atoms with Gasteiger partial charge in [0.1, 0.15) is 11.3 Å². The molecular weight excluding hydrogens is 320 g/mol. The maximum atomic E-state index is 12.8. The highest BCUT2D eigenvalue weighted by molar-refractivity contribution is 9.10. The van der Waals surface area contributed by atoms with E-state index < -0.39 is 5.92 Å². The van der Waals surface area contributed by atoms with Gasteiger partial charge in [-0.1, -0.05) is 5.21 Å². The van der Waals surface area contributed by atoms with Crippen LogP contribution in [-0.2, 0) is 6.54 Å². The molecule has 1 aromatic heterocycles. The summed E-state index contributed by atoms with van der Waals surface area (Å²) in [5.41, 5.74) is 1.51. The van der Waals surface area contributed by atoms with E-state index in [1.54, 1.807) is 11.8 Å². The van der Waals surface area contributed by atoms with E-state index in [4.69, 9.17) is 4.74 Å². The van der Waals surface area contributed by atoms with Crippen molar-refractivity contribution in [3.05, 3.63) is 16.6 Å². The van der Waals surface area contributed by atoms with Gasteiger partial charge in [-0.15, -0.1) is 5.10 Å². The van der Waals surface area contributed by atoms with Crippen molar-refractivity contribution >= 4 is 27.0 Å². The number of halogens is 3. The van der Waals surface area contributed by atoms with Crippen molar-refractivity contribution in [2.24, 2.45) is 5.92 Å². The Balaban J connectivity index is 1.87. The largest absolute Gasteiger partial charge is 0.495 e. The zero-order valence-corrected chi connectivity index (χ0v) is 11.8. The van der Waals surface area contributed by atoms with Crippen molar-refractivity contribution in [1.29, 1.82) is 0 Å². The molecule has 1 aliphatic rings. The van der Waals surface area contributed by atoms with Crippen LogP contribution in [0.1, 0.15) is 12.8 Å². The first kappa shape index (κ1) is 12.8. The third-order valence-electron chi connectivity index (χ3n) is 3.42. The predicted octanol–water partition coefficient (Wildman–Crippen LogP) is 3.25. The summed E-state index contributed by atoms with van der Waals surface area (Å²) in [6.45, 7) is 0.477. The fraction of sp³-hybridized carbons (Fsp3) is 0.500. The maximum absolute atomic E-state index is 12.8. The summed E-state index contributed by atoms with van der Waals surface area (Å²) in [6, 6.07) is 3.65. The van der Waals surface area contributed by atoms with Crippen LogP contribution in [0.2, 0.25) is 0 Å². The summed E-state index contributed by atoms with van der Waals surface area (Å²) in [5.74, 6) is -1.85. The quantitative estimate of drug-likeness (QED) is 0.866. The average Bonchev–Trinajstić information content (AvgIpc) is 2.72. The second-order valence-electron chi connectivity index (χ2n) is 4.85. The lowest BCUT2D eigenvalue weighted by molar-refractivity contribution is -0.114. The molecular formula is C12H12BrF2N3O. The van der Waals surface area contributed by atoms with E-state index in [-0.39, 0.29) is 18.8 Å². The molecule has 3 rings (SSSR count). The van der Waals surface area contributed by atoms with Gasteiger partial charge in [-0.2, -0.15) is 0 Å². The minimum Gasteiger partial charge on any atom is -0.495 e. The lowest BCUT2D eigenvalue weighted by Crippen LogP contribution is -2.37. The first-order valence-electron chi connectivity index (χ1n) is 5.94. The van der Waals surface area contributed by atoms with E-state index in [1.165, 1.54) is 0 Å². The Bertz CT molecular complexity index is 621. The molecule has 7 heteroatoms. The second kappa shape index (κ2) is 4.40. The molecule has 0 amide bonds. The van der Waals surface area contributed by atoms with Crippen LogP contribution in [0.5, 0.6) is 5.75 Å². The van der Waals surface area contributed by atoms with Gasteiger partial charge in [0.15, 0.2) is 0 Å². The highest BCUT2D eigenvalue weighted by Gasteiger charge is 2.45. The van der Waals surface area contributed by atoms with Gasteiger partial charge in [0.25, 0.3) is 0 Å². The summed E-state index contributed by atoms with van der Waals surface area (Å²) in [4.78, 5) is 0. The number of nitrogens with zero attached hydrogens (tertiary/aromatic N) is 3. The molecule has 0 unspecified atom stereocenters. The number of hydrogen-bond acceptors (Lipinski definition) is 3. The molecule has 0 atom stereocenters. The normalized spacial score (nSPS) is 18.5. The Morgan fingerprint density at radius 3 is 2.84 bits per heavy atom. The first-order chi connectivity index (χ1) is 9.00. The number of benzene rings is 1. The van der Waals surface area contributed by atoms with E-state index in [2.05, 4.69) is 26.2 Å². The van der Waals surface area contributed by atoms with Gasteiger partial charge in [-0.25, -0.2) is 13.5 Å². The maximum Gasteiger partial charge on any atom is 0.248 e. The van der Waals surface area contributed by atoms with Crippen molar-refractivity contribution in [2.45, 2.75) is 25.3 Å². The number of methoxy groups -OCH3 is 1. The fourth-order valence-corrected chi connectivity index (χ4v) is 3.01. The van der Waals surface area contributed by atoms with Crippen LogP contribution in [0, 0.1) is 5.92 Å². The van der Waals surface area contributed by atoms with E-state index in [1.807, 2.05) is 12.1 Å². The molecule has 0 spiro atoms. The fourth-order valence-electron chi connectivity index (χ4n) is 2.44.